The van der Waals surface area contributed by atoms with E-state index in [1.807, 2.05) is 0 Å². The fraction of sp³-hybridized carbons (Fsp3) is 0.615. The van der Waals surface area contributed by atoms with E-state index in [0.717, 1.165) is 18.1 Å². The molecule has 0 atom stereocenters. The average Bonchev–Trinajstić information content (AvgIpc) is 3.00. The van der Waals surface area contributed by atoms with Gasteiger partial charge in [-0.2, -0.15) is 0 Å². The molecule has 0 aromatic carbocycles. The molecular formula is C13H21N3. The van der Waals surface area contributed by atoms with Gasteiger partial charge < -0.3 is 10.6 Å². The lowest BCUT2D eigenvalue weighted by Crippen LogP contribution is -2.22. The second-order valence-electron chi connectivity index (χ2n) is 4.90. The van der Waals surface area contributed by atoms with Crippen molar-refractivity contribution in [3.8, 4) is 0 Å². The Labute approximate surface area is 97.7 Å². The van der Waals surface area contributed by atoms with Crippen molar-refractivity contribution >= 4 is 5.82 Å². The second kappa shape index (κ2) is 4.83. The van der Waals surface area contributed by atoms with Gasteiger partial charge in [-0.05, 0) is 31.4 Å². The Morgan fingerprint density at radius 2 is 2.12 bits per heavy atom. The number of anilines is 1. The minimum Gasteiger partial charge on any atom is -0.367 e. The van der Waals surface area contributed by atoms with Crippen LogP contribution in [-0.2, 0) is 6.54 Å². The summed E-state index contributed by atoms with van der Waals surface area (Å²) in [5.41, 5.74) is 2.41. The van der Waals surface area contributed by atoms with Crippen molar-refractivity contribution < 1.29 is 0 Å². The number of hydrogen-bond donors (Lipinski definition) is 2. The highest BCUT2D eigenvalue weighted by molar-refractivity contribution is 5.40. The molecule has 0 spiro atoms. The molecule has 2 N–H and O–H groups in total. The lowest BCUT2D eigenvalue weighted by atomic mass is 10.2. The molecule has 1 saturated carbocycles. The zero-order chi connectivity index (χ0) is 11.5. The standard InChI is InChI=1S/C13H21N3/c1-9(2)14-8-11-4-7-13(15-10(11)3)16-12-5-6-12/h4,7,9,12,14H,5-6,8H2,1-3H3,(H,15,16). The molecule has 0 amide bonds. The molecule has 0 aliphatic heterocycles. The van der Waals surface area contributed by atoms with Crippen LogP contribution in [0, 0.1) is 6.92 Å². The summed E-state index contributed by atoms with van der Waals surface area (Å²) in [6, 6.07) is 5.45. The van der Waals surface area contributed by atoms with Crippen LogP contribution in [0.3, 0.4) is 0 Å². The minimum absolute atomic E-state index is 0.517. The maximum atomic E-state index is 4.58. The second-order valence-corrected chi connectivity index (χ2v) is 4.90. The summed E-state index contributed by atoms with van der Waals surface area (Å²) in [6.45, 7) is 7.30. The summed E-state index contributed by atoms with van der Waals surface area (Å²) >= 11 is 0. The van der Waals surface area contributed by atoms with Gasteiger partial charge in [-0.3, -0.25) is 0 Å². The summed E-state index contributed by atoms with van der Waals surface area (Å²) < 4.78 is 0. The van der Waals surface area contributed by atoms with Crippen LogP contribution in [0.2, 0.25) is 0 Å². The van der Waals surface area contributed by atoms with E-state index in [0.29, 0.717) is 12.1 Å². The summed E-state index contributed by atoms with van der Waals surface area (Å²) in [5.74, 6) is 1.02. The van der Waals surface area contributed by atoms with Crippen molar-refractivity contribution in [2.75, 3.05) is 5.32 Å². The molecule has 1 aromatic rings. The topological polar surface area (TPSA) is 37.0 Å². The number of aryl methyl sites for hydroxylation is 1. The monoisotopic (exact) mass is 219 g/mol. The Morgan fingerprint density at radius 3 is 2.69 bits per heavy atom. The molecule has 1 heterocycles. The molecule has 0 radical (unpaired) electrons. The van der Waals surface area contributed by atoms with Crippen LogP contribution >= 0.6 is 0 Å². The molecule has 3 heteroatoms. The van der Waals surface area contributed by atoms with Crippen molar-refractivity contribution in [3.05, 3.63) is 23.4 Å². The maximum Gasteiger partial charge on any atom is 0.126 e. The zero-order valence-corrected chi connectivity index (χ0v) is 10.4. The highest BCUT2D eigenvalue weighted by Gasteiger charge is 2.21. The van der Waals surface area contributed by atoms with E-state index in [2.05, 4.69) is 48.5 Å². The van der Waals surface area contributed by atoms with Gasteiger partial charge in [0, 0.05) is 24.3 Å². The quantitative estimate of drug-likeness (QED) is 0.798. The molecule has 16 heavy (non-hydrogen) atoms. The molecule has 3 nitrogen and oxygen atoms in total. The molecule has 1 fully saturated rings. The maximum absolute atomic E-state index is 4.58. The highest BCUT2D eigenvalue weighted by Crippen LogP contribution is 2.24. The number of nitrogens with zero attached hydrogens (tertiary/aromatic N) is 1. The van der Waals surface area contributed by atoms with Crippen molar-refractivity contribution in [2.24, 2.45) is 0 Å². The zero-order valence-electron chi connectivity index (χ0n) is 10.4. The lowest BCUT2D eigenvalue weighted by Gasteiger charge is -2.11. The molecule has 1 aromatic heterocycles. The van der Waals surface area contributed by atoms with Crippen molar-refractivity contribution in [1.82, 2.24) is 10.3 Å². The predicted octanol–water partition coefficient (Wildman–Crippen LogP) is 2.46. The number of hydrogen-bond acceptors (Lipinski definition) is 3. The molecule has 0 unspecified atom stereocenters. The largest absolute Gasteiger partial charge is 0.367 e. The third-order valence-corrected chi connectivity index (χ3v) is 2.83. The molecule has 0 saturated heterocycles. The number of aromatic nitrogens is 1. The van der Waals surface area contributed by atoms with E-state index in [9.17, 15) is 0 Å². The van der Waals surface area contributed by atoms with E-state index >= 15 is 0 Å². The van der Waals surface area contributed by atoms with Gasteiger partial charge in [0.25, 0.3) is 0 Å². The normalized spacial score (nSPS) is 15.5. The van der Waals surface area contributed by atoms with Gasteiger partial charge in [-0.1, -0.05) is 19.9 Å². The van der Waals surface area contributed by atoms with Gasteiger partial charge in [0.2, 0.25) is 0 Å². The van der Waals surface area contributed by atoms with Gasteiger partial charge in [-0.15, -0.1) is 0 Å². The van der Waals surface area contributed by atoms with Crippen LogP contribution in [0.4, 0.5) is 5.82 Å². The van der Waals surface area contributed by atoms with Crippen LogP contribution in [0.15, 0.2) is 12.1 Å². The van der Waals surface area contributed by atoms with Gasteiger partial charge in [0.05, 0.1) is 0 Å². The first-order valence-electron chi connectivity index (χ1n) is 6.11. The summed E-state index contributed by atoms with van der Waals surface area (Å²) in [6.07, 6.45) is 2.58. The van der Waals surface area contributed by atoms with Crippen LogP contribution in [0.25, 0.3) is 0 Å². The van der Waals surface area contributed by atoms with Crippen molar-refractivity contribution in [2.45, 2.75) is 52.2 Å². The van der Waals surface area contributed by atoms with Crippen LogP contribution in [0.1, 0.15) is 37.9 Å². The van der Waals surface area contributed by atoms with Crippen LogP contribution < -0.4 is 10.6 Å². The lowest BCUT2D eigenvalue weighted by molar-refractivity contribution is 0.586. The first-order valence-corrected chi connectivity index (χ1v) is 6.11. The molecule has 0 bridgehead atoms. The first-order chi connectivity index (χ1) is 7.65. The molecular weight excluding hydrogens is 198 g/mol. The molecule has 88 valence electrons. The molecule has 2 rings (SSSR count). The average molecular weight is 219 g/mol. The van der Waals surface area contributed by atoms with E-state index in [-0.39, 0.29) is 0 Å². The third kappa shape index (κ3) is 3.20. The number of pyridine rings is 1. The van der Waals surface area contributed by atoms with Crippen LogP contribution in [-0.4, -0.2) is 17.1 Å². The SMILES string of the molecule is Cc1nc(NC2CC2)ccc1CNC(C)C. The van der Waals surface area contributed by atoms with E-state index in [1.165, 1.54) is 18.4 Å². The fourth-order valence-corrected chi connectivity index (χ4v) is 1.61. The van der Waals surface area contributed by atoms with Gasteiger partial charge in [0.1, 0.15) is 5.82 Å². The Kier molecular flexibility index (Phi) is 3.44. The van der Waals surface area contributed by atoms with Crippen LogP contribution in [0.5, 0.6) is 0 Å². The first kappa shape index (κ1) is 11.4. The van der Waals surface area contributed by atoms with E-state index in [4.69, 9.17) is 0 Å². The fourth-order valence-electron chi connectivity index (χ4n) is 1.61. The van der Waals surface area contributed by atoms with E-state index < -0.39 is 0 Å². The van der Waals surface area contributed by atoms with Gasteiger partial charge >= 0.3 is 0 Å². The van der Waals surface area contributed by atoms with E-state index in [1.54, 1.807) is 0 Å². The summed E-state index contributed by atoms with van der Waals surface area (Å²) in [5, 5.41) is 6.83. The van der Waals surface area contributed by atoms with Crippen molar-refractivity contribution in [3.63, 3.8) is 0 Å². The predicted molar refractivity (Wildman–Crippen MR) is 67.6 cm³/mol. The summed E-state index contributed by atoms with van der Waals surface area (Å²) in [7, 11) is 0. The minimum atomic E-state index is 0.517. The Balaban J connectivity index is 1.97. The van der Waals surface area contributed by atoms with Crippen molar-refractivity contribution in [1.29, 1.82) is 0 Å². The Morgan fingerprint density at radius 1 is 1.38 bits per heavy atom. The third-order valence-electron chi connectivity index (χ3n) is 2.83. The van der Waals surface area contributed by atoms with Gasteiger partial charge in [0.15, 0.2) is 0 Å². The Hall–Kier alpha value is -1.09. The smallest absolute Gasteiger partial charge is 0.126 e. The van der Waals surface area contributed by atoms with Gasteiger partial charge in [-0.25, -0.2) is 4.98 Å². The summed E-state index contributed by atoms with van der Waals surface area (Å²) in [4.78, 5) is 4.58. The molecule has 1 aliphatic rings. The Bertz CT molecular complexity index is 356. The number of rotatable bonds is 5. The highest BCUT2D eigenvalue weighted by atomic mass is 15.0. The number of nitrogens with one attached hydrogen (secondary N) is 2. The molecule has 1 aliphatic carbocycles.